The van der Waals surface area contributed by atoms with Gasteiger partial charge < -0.3 is 9.64 Å². The Morgan fingerprint density at radius 1 is 1.08 bits per heavy atom. The summed E-state index contributed by atoms with van der Waals surface area (Å²) in [7, 11) is 0. The lowest BCUT2D eigenvalue weighted by atomic mass is 10.1. The van der Waals surface area contributed by atoms with Crippen LogP contribution in [0.2, 0.25) is 0 Å². The highest BCUT2D eigenvalue weighted by atomic mass is 19.4. The van der Waals surface area contributed by atoms with Gasteiger partial charge in [0.25, 0.3) is 5.78 Å². The number of hydrogen-bond acceptors (Lipinski definition) is 3. The molecule has 1 saturated heterocycles. The molecular formula is C20H20F3NO2. The number of rotatable bonds is 4. The Morgan fingerprint density at radius 3 is 2.42 bits per heavy atom. The van der Waals surface area contributed by atoms with Gasteiger partial charge in [-0.15, -0.1) is 0 Å². The van der Waals surface area contributed by atoms with Gasteiger partial charge in [0.1, 0.15) is 0 Å². The van der Waals surface area contributed by atoms with Gasteiger partial charge in [0.15, 0.2) is 0 Å². The van der Waals surface area contributed by atoms with Gasteiger partial charge in [-0.25, -0.2) is 0 Å². The zero-order valence-electron chi connectivity index (χ0n) is 14.3. The highest BCUT2D eigenvalue weighted by Crippen LogP contribution is 2.36. The van der Waals surface area contributed by atoms with Crippen molar-refractivity contribution in [2.24, 2.45) is 0 Å². The SMILES string of the molecule is O=C(C=CC1=C(N2CCOCC2)C(=Cc2ccccc2)CC1)C(F)(F)F. The summed E-state index contributed by atoms with van der Waals surface area (Å²) in [5.41, 5.74) is 3.83. The molecule has 1 aliphatic heterocycles. The molecule has 3 rings (SSSR count). The summed E-state index contributed by atoms with van der Waals surface area (Å²) in [4.78, 5) is 13.3. The molecule has 0 saturated carbocycles. The second-order valence-electron chi connectivity index (χ2n) is 6.25. The molecule has 3 nitrogen and oxygen atoms in total. The number of hydrogen-bond donors (Lipinski definition) is 0. The molecule has 1 aliphatic carbocycles. The lowest BCUT2D eigenvalue weighted by molar-refractivity contribution is -0.165. The number of benzene rings is 1. The number of carbonyl (C=O) groups excluding carboxylic acids is 1. The maximum atomic E-state index is 12.5. The molecule has 2 aliphatic rings. The van der Waals surface area contributed by atoms with Crippen molar-refractivity contribution in [3.8, 4) is 0 Å². The van der Waals surface area contributed by atoms with Gasteiger partial charge in [-0.1, -0.05) is 36.4 Å². The molecule has 6 heteroatoms. The quantitative estimate of drug-likeness (QED) is 0.753. The Balaban J connectivity index is 1.93. The van der Waals surface area contributed by atoms with Gasteiger partial charge in [-0.05, 0) is 41.7 Å². The molecular weight excluding hydrogens is 343 g/mol. The number of ether oxygens (including phenoxy) is 1. The lowest BCUT2D eigenvalue weighted by Gasteiger charge is -2.31. The summed E-state index contributed by atoms with van der Waals surface area (Å²) in [6.07, 6.45) is 0.552. The third-order valence-corrected chi connectivity index (χ3v) is 4.46. The van der Waals surface area contributed by atoms with E-state index in [1.807, 2.05) is 30.3 Å². The van der Waals surface area contributed by atoms with Crippen molar-refractivity contribution in [1.82, 2.24) is 4.90 Å². The number of morpholine rings is 1. The van der Waals surface area contributed by atoms with E-state index in [0.717, 1.165) is 28.8 Å². The van der Waals surface area contributed by atoms with Crippen molar-refractivity contribution >= 4 is 11.9 Å². The molecule has 0 atom stereocenters. The van der Waals surface area contributed by atoms with Crippen LogP contribution in [0.4, 0.5) is 13.2 Å². The first-order chi connectivity index (χ1) is 12.4. The first-order valence-electron chi connectivity index (χ1n) is 8.56. The zero-order valence-corrected chi connectivity index (χ0v) is 14.3. The summed E-state index contributed by atoms with van der Waals surface area (Å²) >= 11 is 0. The molecule has 0 radical (unpaired) electrons. The Labute approximate surface area is 150 Å². The molecule has 0 N–H and O–H groups in total. The number of nitrogens with zero attached hydrogens (tertiary/aromatic N) is 1. The maximum absolute atomic E-state index is 12.5. The van der Waals surface area contributed by atoms with Crippen molar-refractivity contribution in [2.45, 2.75) is 19.0 Å². The fourth-order valence-corrected chi connectivity index (χ4v) is 3.23. The molecule has 1 aromatic rings. The van der Waals surface area contributed by atoms with Crippen molar-refractivity contribution in [3.05, 3.63) is 64.9 Å². The summed E-state index contributed by atoms with van der Waals surface area (Å²) in [6.45, 7) is 2.54. The minimum absolute atomic E-state index is 0.584. The van der Waals surface area contributed by atoms with Gasteiger partial charge in [-0.3, -0.25) is 4.79 Å². The molecule has 138 valence electrons. The number of allylic oxidation sites excluding steroid dienone is 4. The minimum atomic E-state index is -4.84. The van der Waals surface area contributed by atoms with E-state index in [1.54, 1.807) is 0 Å². The normalized spacial score (nSPS) is 20.4. The average Bonchev–Trinajstić information content (AvgIpc) is 3.03. The number of alkyl halides is 3. The van der Waals surface area contributed by atoms with E-state index in [4.69, 9.17) is 4.74 Å². The van der Waals surface area contributed by atoms with Crippen molar-refractivity contribution < 1.29 is 22.7 Å². The monoisotopic (exact) mass is 363 g/mol. The van der Waals surface area contributed by atoms with Crippen LogP contribution in [0.3, 0.4) is 0 Å². The maximum Gasteiger partial charge on any atom is 0.454 e. The molecule has 0 aromatic heterocycles. The van der Waals surface area contributed by atoms with E-state index in [2.05, 4.69) is 11.0 Å². The van der Waals surface area contributed by atoms with Gasteiger partial charge in [-0.2, -0.15) is 13.2 Å². The van der Waals surface area contributed by atoms with Crippen LogP contribution >= 0.6 is 0 Å². The molecule has 1 aromatic carbocycles. The predicted molar refractivity (Wildman–Crippen MR) is 93.3 cm³/mol. The largest absolute Gasteiger partial charge is 0.454 e. The van der Waals surface area contributed by atoms with E-state index in [0.29, 0.717) is 38.8 Å². The van der Waals surface area contributed by atoms with Gasteiger partial charge in [0.05, 0.1) is 13.2 Å². The van der Waals surface area contributed by atoms with E-state index < -0.39 is 12.0 Å². The van der Waals surface area contributed by atoms with Crippen LogP contribution in [0.1, 0.15) is 18.4 Å². The Bertz CT molecular complexity index is 742. The number of carbonyl (C=O) groups is 1. The first-order valence-corrected chi connectivity index (χ1v) is 8.56. The van der Waals surface area contributed by atoms with Crippen molar-refractivity contribution in [2.75, 3.05) is 26.3 Å². The lowest BCUT2D eigenvalue weighted by Crippen LogP contribution is -2.36. The number of ketones is 1. The first kappa shape index (κ1) is 18.5. The summed E-state index contributed by atoms with van der Waals surface area (Å²) in [6, 6.07) is 9.81. The average molecular weight is 363 g/mol. The standard InChI is InChI=1S/C20H20F3NO2/c21-20(22,23)18(25)9-8-16-6-7-17(14-15-4-2-1-3-5-15)19(16)24-10-12-26-13-11-24/h1-5,8-9,14H,6-7,10-13H2. The highest BCUT2D eigenvalue weighted by molar-refractivity contribution is 5.94. The fraction of sp³-hybridized carbons (Fsp3) is 0.350. The second kappa shape index (κ2) is 7.91. The minimum Gasteiger partial charge on any atom is -0.378 e. The summed E-state index contributed by atoms with van der Waals surface area (Å²) in [5.74, 6) is -1.83. The molecule has 0 amide bonds. The van der Waals surface area contributed by atoms with Crippen LogP contribution in [0.15, 0.2) is 59.3 Å². The van der Waals surface area contributed by atoms with Crippen LogP contribution < -0.4 is 0 Å². The van der Waals surface area contributed by atoms with E-state index in [9.17, 15) is 18.0 Å². The zero-order chi connectivity index (χ0) is 18.6. The van der Waals surface area contributed by atoms with Crippen LogP contribution in [-0.2, 0) is 9.53 Å². The topological polar surface area (TPSA) is 29.5 Å². The summed E-state index contributed by atoms with van der Waals surface area (Å²) < 4.78 is 42.8. The van der Waals surface area contributed by atoms with Crippen LogP contribution in [0, 0.1) is 0 Å². The van der Waals surface area contributed by atoms with Crippen LogP contribution in [-0.4, -0.2) is 43.2 Å². The third kappa shape index (κ3) is 4.43. The molecule has 0 spiro atoms. The van der Waals surface area contributed by atoms with Crippen molar-refractivity contribution in [3.63, 3.8) is 0 Å². The van der Waals surface area contributed by atoms with Gasteiger partial charge in [0, 0.05) is 18.8 Å². The molecule has 1 fully saturated rings. The molecule has 0 unspecified atom stereocenters. The van der Waals surface area contributed by atoms with E-state index in [-0.39, 0.29) is 0 Å². The van der Waals surface area contributed by atoms with Crippen molar-refractivity contribution in [1.29, 1.82) is 0 Å². The molecule has 26 heavy (non-hydrogen) atoms. The summed E-state index contributed by atoms with van der Waals surface area (Å²) in [5, 5.41) is 0. The van der Waals surface area contributed by atoms with Gasteiger partial charge in [0.2, 0.25) is 0 Å². The molecule has 0 bridgehead atoms. The number of halogens is 3. The Morgan fingerprint density at radius 2 is 1.77 bits per heavy atom. The third-order valence-electron chi connectivity index (χ3n) is 4.46. The smallest absolute Gasteiger partial charge is 0.378 e. The fourth-order valence-electron chi connectivity index (χ4n) is 3.23. The van der Waals surface area contributed by atoms with Crippen LogP contribution in [0.25, 0.3) is 6.08 Å². The van der Waals surface area contributed by atoms with E-state index >= 15 is 0 Å². The molecule has 1 heterocycles. The highest BCUT2D eigenvalue weighted by Gasteiger charge is 2.36. The second-order valence-corrected chi connectivity index (χ2v) is 6.25. The predicted octanol–water partition coefficient (Wildman–Crippen LogP) is 4.14. The van der Waals surface area contributed by atoms with Gasteiger partial charge >= 0.3 is 6.18 Å². The van der Waals surface area contributed by atoms with E-state index in [1.165, 1.54) is 6.08 Å². The van der Waals surface area contributed by atoms with Crippen LogP contribution in [0.5, 0.6) is 0 Å². The Hall–Kier alpha value is -2.34. The Kier molecular flexibility index (Phi) is 5.61.